The van der Waals surface area contributed by atoms with E-state index in [4.69, 9.17) is 16.7 Å². The van der Waals surface area contributed by atoms with Gasteiger partial charge in [-0.2, -0.15) is 18.3 Å². The van der Waals surface area contributed by atoms with Crippen LogP contribution in [0, 0.1) is 5.82 Å². The zero-order chi connectivity index (χ0) is 14.9. The van der Waals surface area contributed by atoms with Crippen LogP contribution in [-0.4, -0.2) is 14.9 Å². The Morgan fingerprint density at radius 2 is 2.00 bits per heavy atom. The third kappa shape index (κ3) is 2.94. The zero-order valence-corrected chi connectivity index (χ0v) is 10.7. The standard InChI is InChI=1S/C12H9ClF4N2O/c13-11-9(6-20)10(12(15,16)17)18-19(11)5-7-2-1-3-8(14)4-7/h1-4,20H,5-6H2. The minimum Gasteiger partial charge on any atom is -0.391 e. The van der Waals surface area contributed by atoms with Crippen molar-refractivity contribution in [3.63, 3.8) is 0 Å². The Balaban J connectivity index is 2.41. The smallest absolute Gasteiger partial charge is 0.391 e. The summed E-state index contributed by atoms with van der Waals surface area (Å²) in [6, 6.07) is 5.35. The molecule has 0 aliphatic carbocycles. The predicted molar refractivity (Wildman–Crippen MR) is 63.7 cm³/mol. The maximum Gasteiger partial charge on any atom is 0.435 e. The van der Waals surface area contributed by atoms with Gasteiger partial charge in [-0.05, 0) is 17.7 Å². The van der Waals surface area contributed by atoms with Gasteiger partial charge < -0.3 is 5.11 Å². The number of benzene rings is 1. The van der Waals surface area contributed by atoms with E-state index in [1.807, 2.05) is 0 Å². The Kier molecular flexibility index (Phi) is 4.01. The number of nitrogens with zero attached hydrogens (tertiary/aromatic N) is 2. The molecular weight excluding hydrogens is 300 g/mol. The first-order chi connectivity index (χ1) is 9.32. The summed E-state index contributed by atoms with van der Waals surface area (Å²) in [5.41, 5.74) is -1.32. The highest BCUT2D eigenvalue weighted by molar-refractivity contribution is 6.30. The highest BCUT2D eigenvalue weighted by Crippen LogP contribution is 2.34. The Hall–Kier alpha value is -1.60. The lowest BCUT2D eigenvalue weighted by Gasteiger charge is -2.04. The van der Waals surface area contributed by atoms with E-state index < -0.39 is 29.9 Å². The summed E-state index contributed by atoms with van der Waals surface area (Å²) in [7, 11) is 0. The minimum absolute atomic E-state index is 0.125. The molecule has 20 heavy (non-hydrogen) atoms. The van der Waals surface area contributed by atoms with Gasteiger partial charge in [0, 0.05) is 5.56 Å². The SMILES string of the molecule is OCc1c(C(F)(F)F)nn(Cc2cccc(F)c2)c1Cl. The molecule has 3 nitrogen and oxygen atoms in total. The van der Waals surface area contributed by atoms with Crippen molar-refractivity contribution < 1.29 is 22.7 Å². The van der Waals surface area contributed by atoms with Crippen molar-refractivity contribution in [3.8, 4) is 0 Å². The summed E-state index contributed by atoms with van der Waals surface area (Å²) in [6.07, 6.45) is -4.71. The Morgan fingerprint density at radius 1 is 1.30 bits per heavy atom. The van der Waals surface area contributed by atoms with Crippen LogP contribution in [0.4, 0.5) is 17.6 Å². The van der Waals surface area contributed by atoms with Crippen molar-refractivity contribution in [3.05, 3.63) is 52.1 Å². The first kappa shape index (κ1) is 14.8. The molecule has 1 N–H and O–H groups in total. The number of hydrogen-bond acceptors (Lipinski definition) is 2. The largest absolute Gasteiger partial charge is 0.435 e. The molecule has 0 fully saturated rings. The highest BCUT2D eigenvalue weighted by Gasteiger charge is 2.38. The van der Waals surface area contributed by atoms with Crippen LogP contribution in [0.15, 0.2) is 24.3 Å². The highest BCUT2D eigenvalue weighted by atomic mass is 35.5. The molecule has 0 bridgehead atoms. The van der Waals surface area contributed by atoms with Crippen LogP contribution in [0.2, 0.25) is 5.15 Å². The van der Waals surface area contributed by atoms with Crippen LogP contribution in [0.5, 0.6) is 0 Å². The number of aromatic nitrogens is 2. The van der Waals surface area contributed by atoms with E-state index in [0.717, 1.165) is 4.68 Å². The maximum atomic E-state index is 13.0. The molecule has 0 saturated carbocycles. The lowest BCUT2D eigenvalue weighted by atomic mass is 10.2. The van der Waals surface area contributed by atoms with Crippen LogP contribution in [0.1, 0.15) is 16.8 Å². The predicted octanol–water partition coefficient (Wildman–Crippen LogP) is 3.24. The first-order valence-electron chi connectivity index (χ1n) is 5.50. The van der Waals surface area contributed by atoms with Gasteiger partial charge in [0.2, 0.25) is 0 Å². The molecule has 0 aliphatic rings. The Morgan fingerprint density at radius 3 is 2.50 bits per heavy atom. The van der Waals surface area contributed by atoms with Crippen LogP contribution >= 0.6 is 11.6 Å². The number of hydrogen-bond donors (Lipinski definition) is 1. The summed E-state index contributed by atoms with van der Waals surface area (Å²) in [6.45, 7) is -1.00. The van der Waals surface area contributed by atoms with E-state index >= 15 is 0 Å². The average molecular weight is 309 g/mol. The lowest BCUT2D eigenvalue weighted by Crippen LogP contribution is -2.10. The number of halogens is 5. The molecule has 1 aromatic carbocycles. The van der Waals surface area contributed by atoms with Crippen LogP contribution in [0.25, 0.3) is 0 Å². The van der Waals surface area contributed by atoms with E-state index in [2.05, 4.69) is 5.10 Å². The number of aliphatic hydroxyl groups excluding tert-OH is 1. The van der Waals surface area contributed by atoms with Crippen molar-refractivity contribution in [2.45, 2.75) is 19.3 Å². The number of aliphatic hydroxyl groups is 1. The van der Waals surface area contributed by atoms with Crippen molar-refractivity contribution in [2.24, 2.45) is 0 Å². The topological polar surface area (TPSA) is 38.1 Å². The summed E-state index contributed by atoms with van der Waals surface area (Å²) < 4.78 is 52.1. The molecule has 0 spiro atoms. The summed E-state index contributed by atoms with van der Waals surface area (Å²) in [5.74, 6) is -0.510. The summed E-state index contributed by atoms with van der Waals surface area (Å²) in [5, 5.41) is 12.0. The second-order valence-electron chi connectivity index (χ2n) is 4.06. The molecule has 108 valence electrons. The monoisotopic (exact) mass is 308 g/mol. The second-order valence-corrected chi connectivity index (χ2v) is 4.42. The fourth-order valence-corrected chi connectivity index (χ4v) is 2.01. The molecule has 1 heterocycles. The van der Waals surface area contributed by atoms with Gasteiger partial charge in [-0.3, -0.25) is 0 Å². The van der Waals surface area contributed by atoms with Crippen LogP contribution in [-0.2, 0) is 19.3 Å². The van der Waals surface area contributed by atoms with E-state index in [1.165, 1.54) is 24.3 Å². The molecule has 0 aliphatic heterocycles. The lowest BCUT2D eigenvalue weighted by molar-refractivity contribution is -0.142. The van der Waals surface area contributed by atoms with Gasteiger partial charge in [0.15, 0.2) is 5.69 Å². The molecule has 2 aromatic rings. The minimum atomic E-state index is -4.71. The van der Waals surface area contributed by atoms with Gasteiger partial charge in [-0.25, -0.2) is 9.07 Å². The zero-order valence-electron chi connectivity index (χ0n) is 9.96. The van der Waals surface area contributed by atoms with Gasteiger partial charge in [-0.15, -0.1) is 0 Å². The average Bonchev–Trinajstić information content (AvgIpc) is 2.66. The van der Waals surface area contributed by atoms with Gasteiger partial charge in [0.25, 0.3) is 0 Å². The quantitative estimate of drug-likeness (QED) is 0.884. The fourth-order valence-electron chi connectivity index (χ4n) is 1.76. The van der Waals surface area contributed by atoms with Crippen LogP contribution < -0.4 is 0 Å². The Bertz CT molecular complexity index is 624. The third-order valence-electron chi connectivity index (χ3n) is 2.63. The number of alkyl halides is 3. The van der Waals surface area contributed by atoms with E-state index in [1.54, 1.807) is 0 Å². The van der Waals surface area contributed by atoms with E-state index in [9.17, 15) is 17.6 Å². The normalized spacial score (nSPS) is 11.9. The molecule has 0 unspecified atom stereocenters. The molecule has 0 amide bonds. The fraction of sp³-hybridized carbons (Fsp3) is 0.250. The molecule has 2 rings (SSSR count). The summed E-state index contributed by atoms with van der Waals surface area (Å²) in [4.78, 5) is 0. The molecular formula is C12H9ClF4N2O. The molecule has 0 atom stereocenters. The van der Waals surface area contributed by atoms with Gasteiger partial charge in [0.05, 0.1) is 13.2 Å². The second kappa shape index (κ2) is 5.41. The molecule has 0 saturated heterocycles. The number of rotatable bonds is 3. The van der Waals surface area contributed by atoms with Crippen LogP contribution in [0.3, 0.4) is 0 Å². The molecule has 1 aromatic heterocycles. The van der Waals surface area contributed by atoms with E-state index in [-0.39, 0.29) is 11.7 Å². The Labute approximate surface area is 116 Å². The van der Waals surface area contributed by atoms with Crippen molar-refractivity contribution >= 4 is 11.6 Å². The molecule has 0 radical (unpaired) electrons. The third-order valence-corrected chi connectivity index (χ3v) is 3.05. The summed E-state index contributed by atoms with van der Waals surface area (Å²) >= 11 is 5.77. The van der Waals surface area contributed by atoms with E-state index in [0.29, 0.717) is 5.56 Å². The van der Waals surface area contributed by atoms with Gasteiger partial charge in [-0.1, -0.05) is 23.7 Å². The van der Waals surface area contributed by atoms with Crippen molar-refractivity contribution in [1.82, 2.24) is 9.78 Å². The van der Waals surface area contributed by atoms with Crippen molar-refractivity contribution in [1.29, 1.82) is 0 Å². The van der Waals surface area contributed by atoms with Gasteiger partial charge >= 0.3 is 6.18 Å². The molecule has 8 heteroatoms. The van der Waals surface area contributed by atoms with Gasteiger partial charge in [0.1, 0.15) is 11.0 Å². The first-order valence-corrected chi connectivity index (χ1v) is 5.88. The maximum absolute atomic E-state index is 13.0. The van der Waals surface area contributed by atoms with Crippen molar-refractivity contribution in [2.75, 3.05) is 0 Å².